The van der Waals surface area contributed by atoms with Crippen LogP contribution in [0.4, 0.5) is 5.69 Å². The first-order valence-electron chi connectivity index (χ1n) is 10.2. The molecule has 1 saturated heterocycles. The van der Waals surface area contributed by atoms with Crippen molar-refractivity contribution < 1.29 is 14.3 Å². The summed E-state index contributed by atoms with van der Waals surface area (Å²) in [4.78, 5) is 26.5. The zero-order chi connectivity index (χ0) is 20.5. The van der Waals surface area contributed by atoms with Crippen LogP contribution in [0.3, 0.4) is 0 Å². The number of hydrogen-bond donors (Lipinski definition) is 2. The molecule has 0 aliphatic carbocycles. The van der Waals surface area contributed by atoms with Crippen LogP contribution in [0, 0.1) is 0 Å². The number of carbonyl (C=O) groups excluding carboxylic acids is 2. The molecule has 6 heteroatoms. The van der Waals surface area contributed by atoms with Crippen LogP contribution < -0.4 is 15.4 Å². The summed E-state index contributed by atoms with van der Waals surface area (Å²) in [5.74, 6) is 0.655. The average molecular weight is 396 g/mol. The predicted octanol–water partition coefficient (Wildman–Crippen LogP) is 2.85. The summed E-state index contributed by atoms with van der Waals surface area (Å²) in [6.45, 7) is 4.03. The van der Waals surface area contributed by atoms with Crippen molar-refractivity contribution in [1.29, 1.82) is 0 Å². The van der Waals surface area contributed by atoms with Gasteiger partial charge in [-0.2, -0.15) is 0 Å². The molecule has 0 bridgehead atoms. The predicted molar refractivity (Wildman–Crippen MR) is 114 cm³/mol. The van der Waals surface area contributed by atoms with Crippen molar-refractivity contribution >= 4 is 17.5 Å². The number of hydrogen-bond acceptors (Lipinski definition) is 4. The standard InChI is InChI=1S/C23H29N3O3/c1-2-18-8-6-7-11-21(18)29-17-23(28)25-20-12-14-26(15-13-20)16-22(27)24-19-9-4-3-5-10-19/h3-11,20H,2,12-17H2,1H3,(H,24,27)(H,25,28). The lowest BCUT2D eigenvalue weighted by atomic mass is 10.1. The number of rotatable bonds is 8. The van der Waals surface area contributed by atoms with Gasteiger partial charge in [-0.15, -0.1) is 0 Å². The summed E-state index contributed by atoms with van der Waals surface area (Å²) in [6, 6.07) is 17.4. The molecule has 0 spiro atoms. The Morgan fingerprint density at radius 2 is 1.69 bits per heavy atom. The number of nitrogens with one attached hydrogen (secondary N) is 2. The smallest absolute Gasteiger partial charge is 0.258 e. The minimum absolute atomic E-state index is 0.0123. The maximum absolute atomic E-state index is 12.2. The zero-order valence-corrected chi connectivity index (χ0v) is 16.9. The Bertz CT molecular complexity index is 802. The molecule has 3 rings (SSSR count). The Morgan fingerprint density at radius 3 is 2.41 bits per heavy atom. The maximum atomic E-state index is 12.2. The molecule has 6 nitrogen and oxygen atoms in total. The van der Waals surface area contributed by atoms with E-state index in [1.54, 1.807) is 0 Å². The van der Waals surface area contributed by atoms with Gasteiger partial charge in [0.1, 0.15) is 5.75 Å². The van der Waals surface area contributed by atoms with E-state index < -0.39 is 0 Å². The van der Waals surface area contributed by atoms with Gasteiger partial charge in [0.15, 0.2) is 6.61 Å². The van der Waals surface area contributed by atoms with Gasteiger partial charge in [0.25, 0.3) is 5.91 Å². The molecule has 0 aromatic heterocycles. The molecule has 1 heterocycles. The summed E-state index contributed by atoms with van der Waals surface area (Å²) in [6.07, 6.45) is 2.53. The van der Waals surface area contributed by atoms with Crippen molar-refractivity contribution in [3.05, 3.63) is 60.2 Å². The third-order valence-electron chi connectivity index (χ3n) is 5.09. The number of benzene rings is 2. The largest absolute Gasteiger partial charge is 0.483 e. The van der Waals surface area contributed by atoms with Crippen LogP contribution in [0.5, 0.6) is 5.75 Å². The van der Waals surface area contributed by atoms with Gasteiger partial charge in [-0.3, -0.25) is 14.5 Å². The number of piperidine rings is 1. The molecule has 1 aliphatic rings. The fraction of sp³-hybridized carbons (Fsp3) is 0.391. The van der Waals surface area contributed by atoms with Crippen LogP contribution in [-0.4, -0.2) is 49.0 Å². The zero-order valence-electron chi connectivity index (χ0n) is 16.9. The van der Waals surface area contributed by atoms with Crippen LogP contribution in [-0.2, 0) is 16.0 Å². The van der Waals surface area contributed by atoms with E-state index in [1.165, 1.54) is 0 Å². The topological polar surface area (TPSA) is 70.7 Å². The Kier molecular flexibility index (Phi) is 7.64. The highest BCUT2D eigenvalue weighted by molar-refractivity contribution is 5.92. The molecular formula is C23H29N3O3. The summed E-state index contributed by atoms with van der Waals surface area (Å²) in [5.41, 5.74) is 1.91. The van der Waals surface area contributed by atoms with E-state index >= 15 is 0 Å². The van der Waals surface area contributed by atoms with Gasteiger partial charge < -0.3 is 15.4 Å². The third-order valence-corrected chi connectivity index (χ3v) is 5.09. The lowest BCUT2D eigenvalue weighted by Gasteiger charge is -2.31. The van der Waals surface area contributed by atoms with Crippen molar-refractivity contribution in [2.45, 2.75) is 32.2 Å². The molecule has 2 N–H and O–H groups in total. The number of aryl methyl sites for hydroxylation is 1. The second-order valence-electron chi connectivity index (χ2n) is 7.28. The van der Waals surface area contributed by atoms with E-state index in [0.29, 0.717) is 6.54 Å². The Hall–Kier alpha value is -2.86. The van der Waals surface area contributed by atoms with Crippen LogP contribution in [0.2, 0.25) is 0 Å². The first-order chi connectivity index (χ1) is 14.1. The van der Waals surface area contributed by atoms with E-state index in [0.717, 1.165) is 49.4 Å². The van der Waals surface area contributed by atoms with Crippen LogP contribution in [0.15, 0.2) is 54.6 Å². The molecule has 0 radical (unpaired) electrons. The minimum Gasteiger partial charge on any atom is -0.483 e. The van der Waals surface area contributed by atoms with Gasteiger partial charge in [-0.25, -0.2) is 0 Å². The first kappa shape index (κ1) is 20.9. The highest BCUT2D eigenvalue weighted by Crippen LogP contribution is 2.18. The highest BCUT2D eigenvalue weighted by atomic mass is 16.5. The molecule has 29 heavy (non-hydrogen) atoms. The van der Waals surface area contributed by atoms with Crippen molar-refractivity contribution in [2.75, 3.05) is 31.6 Å². The Morgan fingerprint density at radius 1 is 1.00 bits per heavy atom. The van der Waals surface area contributed by atoms with E-state index in [2.05, 4.69) is 22.5 Å². The maximum Gasteiger partial charge on any atom is 0.258 e. The molecule has 0 saturated carbocycles. The number of nitrogens with zero attached hydrogens (tertiary/aromatic N) is 1. The van der Waals surface area contributed by atoms with Gasteiger partial charge in [0.05, 0.1) is 6.54 Å². The highest BCUT2D eigenvalue weighted by Gasteiger charge is 2.22. The molecule has 2 amide bonds. The van der Waals surface area contributed by atoms with Crippen molar-refractivity contribution in [1.82, 2.24) is 10.2 Å². The number of likely N-dealkylation sites (tertiary alicyclic amines) is 1. The number of carbonyl (C=O) groups is 2. The second kappa shape index (κ2) is 10.6. The fourth-order valence-corrected chi connectivity index (χ4v) is 3.51. The third kappa shape index (κ3) is 6.61. The lowest BCUT2D eigenvalue weighted by Crippen LogP contribution is -2.47. The average Bonchev–Trinajstić information content (AvgIpc) is 2.74. The van der Waals surface area contributed by atoms with Gasteiger partial charge in [0, 0.05) is 24.8 Å². The summed E-state index contributed by atoms with van der Waals surface area (Å²) >= 11 is 0. The Labute approximate surface area is 172 Å². The minimum atomic E-state index is -0.101. The molecular weight excluding hydrogens is 366 g/mol. The SMILES string of the molecule is CCc1ccccc1OCC(=O)NC1CCN(CC(=O)Nc2ccccc2)CC1. The van der Waals surface area contributed by atoms with E-state index in [1.807, 2.05) is 54.6 Å². The van der Waals surface area contributed by atoms with Crippen molar-refractivity contribution in [3.63, 3.8) is 0 Å². The molecule has 0 atom stereocenters. The number of amides is 2. The molecule has 1 fully saturated rings. The molecule has 2 aromatic rings. The number of para-hydroxylation sites is 2. The van der Waals surface area contributed by atoms with Crippen molar-refractivity contribution in [3.8, 4) is 5.75 Å². The van der Waals surface area contributed by atoms with E-state index in [4.69, 9.17) is 4.74 Å². The van der Waals surface area contributed by atoms with Crippen LogP contribution >= 0.6 is 0 Å². The van der Waals surface area contributed by atoms with Gasteiger partial charge in [0.2, 0.25) is 5.91 Å². The van der Waals surface area contributed by atoms with Crippen molar-refractivity contribution in [2.24, 2.45) is 0 Å². The number of ether oxygens (including phenoxy) is 1. The lowest BCUT2D eigenvalue weighted by molar-refractivity contribution is -0.124. The normalized spacial score (nSPS) is 14.9. The molecule has 154 valence electrons. The molecule has 1 aliphatic heterocycles. The summed E-state index contributed by atoms with van der Waals surface area (Å²) in [7, 11) is 0. The quantitative estimate of drug-likeness (QED) is 0.721. The number of anilines is 1. The van der Waals surface area contributed by atoms with E-state index in [-0.39, 0.29) is 24.5 Å². The monoisotopic (exact) mass is 395 g/mol. The van der Waals surface area contributed by atoms with Crippen LogP contribution in [0.25, 0.3) is 0 Å². The Balaban J connectivity index is 1.36. The van der Waals surface area contributed by atoms with Gasteiger partial charge >= 0.3 is 0 Å². The molecule has 2 aromatic carbocycles. The fourth-order valence-electron chi connectivity index (χ4n) is 3.51. The van der Waals surface area contributed by atoms with Gasteiger partial charge in [-0.1, -0.05) is 43.3 Å². The van der Waals surface area contributed by atoms with E-state index in [9.17, 15) is 9.59 Å². The van der Waals surface area contributed by atoms with Crippen LogP contribution in [0.1, 0.15) is 25.3 Å². The van der Waals surface area contributed by atoms with Gasteiger partial charge in [-0.05, 0) is 43.0 Å². The first-order valence-corrected chi connectivity index (χ1v) is 10.2. The molecule has 0 unspecified atom stereocenters. The summed E-state index contributed by atoms with van der Waals surface area (Å²) < 4.78 is 5.69. The summed E-state index contributed by atoms with van der Waals surface area (Å²) in [5, 5.41) is 5.96. The second-order valence-corrected chi connectivity index (χ2v) is 7.28.